The molecule has 0 spiro atoms. The second-order valence-corrected chi connectivity index (χ2v) is 5.19. The molecule has 1 amide bonds. The minimum Gasteiger partial charge on any atom is -0.362 e. The summed E-state index contributed by atoms with van der Waals surface area (Å²) in [6, 6.07) is 0. The van der Waals surface area contributed by atoms with Crippen LogP contribution < -0.4 is 0 Å². The zero-order valence-electron chi connectivity index (χ0n) is 11.4. The summed E-state index contributed by atoms with van der Waals surface area (Å²) in [7, 11) is 1.49. The lowest BCUT2D eigenvalue weighted by Crippen LogP contribution is -2.56. The van der Waals surface area contributed by atoms with Crippen LogP contribution in [0.25, 0.3) is 0 Å². The quantitative estimate of drug-likeness (QED) is 0.857. The number of halogens is 4. The third-order valence-corrected chi connectivity index (χ3v) is 3.69. The molecule has 21 heavy (non-hydrogen) atoms. The lowest BCUT2D eigenvalue weighted by atomic mass is 10.1. The maximum atomic E-state index is 13.1. The molecule has 1 aromatic rings. The number of hydrazone groups is 1. The molecule has 0 saturated heterocycles. The Morgan fingerprint density at radius 1 is 1.43 bits per heavy atom. The van der Waals surface area contributed by atoms with E-state index >= 15 is 0 Å². The highest BCUT2D eigenvalue weighted by Crippen LogP contribution is 2.41. The van der Waals surface area contributed by atoms with Gasteiger partial charge in [0.25, 0.3) is 11.6 Å². The van der Waals surface area contributed by atoms with E-state index in [4.69, 9.17) is 11.6 Å². The van der Waals surface area contributed by atoms with E-state index < -0.39 is 29.9 Å². The first-order valence-corrected chi connectivity index (χ1v) is 6.23. The third-order valence-electron chi connectivity index (χ3n) is 3.23. The van der Waals surface area contributed by atoms with Gasteiger partial charge in [-0.3, -0.25) is 9.48 Å². The van der Waals surface area contributed by atoms with Gasteiger partial charge in [0, 0.05) is 19.2 Å². The van der Waals surface area contributed by atoms with Crippen molar-refractivity contribution >= 4 is 23.2 Å². The third kappa shape index (κ3) is 2.30. The number of amides is 1. The Morgan fingerprint density at radius 3 is 2.43 bits per heavy atom. The SMILES string of the molecule is CC1=NN(C(=O)c2nn(C)c(C)c2Cl)[C@@](O)(C(F)(F)F)C1. The Hall–Kier alpha value is -1.61. The van der Waals surface area contributed by atoms with Crippen molar-refractivity contribution in [2.24, 2.45) is 12.1 Å². The summed E-state index contributed by atoms with van der Waals surface area (Å²) in [5.41, 5.74) is -3.39. The van der Waals surface area contributed by atoms with Gasteiger partial charge in [0.05, 0.1) is 10.7 Å². The van der Waals surface area contributed by atoms with E-state index in [0.29, 0.717) is 5.69 Å². The van der Waals surface area contributed by atoms with E-state index in [-0.39, 0.29) is 15.7 Å². The molecule has 10 heteroatoms. The van der Waals surface area contributed by atoms with Gasteiger partial charge in [-0.25, -0.2) is 0 Å². The molecule has 116 valence electrons. The van der Waals surface area contributed by atoms with Crippen LogP contribution in [0.5, 0.6) is 0 Å². The van der Waals surface area contributed by atoms with E-state index in [1.807, 2.05) is 0 Å². The van der Waals surface area contributed by atoms with E-state index in [1.165, 1.54) is 18.7 Å². The summed E-state index contributed by atoms with van der Waals surface area (Å²) in [5, 5.41) is 17.0. The highest BCUT2D eigenvalue weighted by Gasteiger charge is 2.63. The largest absolute Gasteiger partial charge is 0.438 e. The van der Waals surface area contributed by atoms with E-state index in [0.717, 1.165) is 0 Å². The maximum absolute atomic E-state index is 13.1. The molecule has 1 atom stereocenters. The van der Waals surface area contributed by atoms with Crippen LogP contribution in [0, 0.1) is 6.92 Å². The predicted molar refractivity (Wildman–Crippen MR) is 67.9 cm³/mol. The fourth-order valence-corrected chi connectivity index (χ4v) is 2.21. The molecule has 1 aliphatic heterocycles. The van der Waals surface area contributed by atoms with Gasteiger partial charge >= 0.3 is 6.18 Å². The van der Waals surface area contributed by atoms with Crippen LogP contribution in [0.15, 0.2) is 5.10 Å². The number of hydrogen-bond donors (Lipinski definition) is 1. The first-order valence-electron chi connectivity index (χ1n) is 5.86. The number of carbonyl (C=O) groups is 1. The van der Waals surface area contributed by atoms with Crippen LogP contribution in [-0.2, 0) is 7.05 Å². The lowest BCUT2D eigenvalue weighted by molar-refractivity contribution is -0.297. The monoisotopic (exact) mass is 324 g/mol. The van der Waals surface area contributed by atoms with Crippen molar-refractivity contribution < 1.29 is 23.1 Å². The number of alkyl halides is 3. The minimum absolute atomic E-state index is 0.00398. The average molecular weight is 325 g/mol. The lowest BCUT2D eigenvalue weighted by Gasteiger charge is -2.32. The van der Waals surface area contributed by atoms with Gasteiger partial charge in [-0.2, -0.15) is 28.4 Å². The molecule has 1 N–H and O–H groups in total. The maximum Gasteiger partial charge on any atom is 0.438 e. The number of aromatic nitrogens is 2. The molecule has 0 bridgehead atoms. The summed E-state index contributed by atoms with van der Waals surface area (Å²) >= 11 is 5.89. The Balaban J connectivity index is 2.48. The summed E-state index contributed by atoms with van der Waals surface area (Å²) in [4.78, 5) is 12.2. The molecule has 0 radical (unpaired) electrons. The van der Waals surface area contributed by atoms with E-state index in [9.17, 15) is 23.1 Å². The van der Waals surface area contributed by atoms with Crippen LogP contribution in [0.3, 0.4) is 0 Å². The summed E-state index contributed by atoms with van der Waals surface area (Å²) in [5.74, 6) is -1.21. The van der Waals surface area contributed by atoms with Crippen molar-refractivity contribution in [1.29, 1.82) is 0 Å². The second-order valence-electron chi connectivity index (χ2n) is 4.81. The van der Waals surface area contributed by atoms with Crippen molar-refractivity contribution in [3.63, 3.8) is 0 Å². The molecule has 0 aliphatic carbocycles. The van der Waals surface area contributed by atoms with Crippen molar-refractivity contribution in [1.82, 2.24) is 14.8 Å². The second kappa shape index (κ2) is 4.70. The Kier molecular flexibility index (Phi) is 3.53. The molecule has 1 aromatic heterocycles. The molecule has 2 heterocycles. The van der Waals surface area contributed by atoms with Crippen molar-refractivity contribution in [3.8, 4) is 0 Å². The molecule has 6 nitrogen and oxygen atoms in total. The van der Waals surface area contributed by atoms with E-state index in [1.54, 1.807) is 6.92 Å². The fourth-order valence-electron chi connectivity index (χ4n) is 1.97. The highest BCUT2D eigenvalue weighted by molar-refractivity contribution is 6.34. The average Bonchev–Trinajstić information content (AvgIpc) is 2.80. The predicted octanol–water partition coefficient (Wildman–Crippen LogP) is 1.85. The number of aliphatic hydroxyl groups is 1. The first kappa shape index (κ1) is 15.8. The minimum atomic E-state index is -5.06. The van der Waals surface area contributed by atoms with Crippen LogP contribution in [-0.4, -0.2) is 43.4 Å². The Labute approximate surface area is 122 Å². The van der Waals surface area contributed by atoms with Gasteiger partial charge < -0.3 is 5.11 Å². The normalized spacial score (nSPS) is 22.7. The summed E-state index contributed by atoms with van der Waals surface area (Å²) in [6.07, 6.45) is -5.87. The highest BCUT2D eigenvalue weighted by atomic mass is 35.5. The molecular formula is C11H12ClF3N4O2. The van der Waals surface area contributed by atoms with Crippen LogP contribution >= 0.6 is 11.6 Å². The van der Waals surface area contributed by atoms with Gasteiger partial charge in [0.1, 0.15) is 0 Å². The molecule has 2 rings (SSSR count). The Morgan fingerprint density at radius 2 is 2.00 bits per heavy atom. The van der Waals surface area contributed by atoms with Gasteiger partial charge in [0.15, 0.2) is 5.69 Å². The van der Waals surface area contributed by atoms with Gasteiger partial charge in [-0.05, 0) is 13.8 Å². The van der Waals surface area contributed by atoms with E-state index in [2.05, 4.69) is 10.2 Å². The molecule has 0 unspecified atom stereocenters. The zero-order chi connectivity index (χ0) is 16.2. The molecule has 0 saturated carbocycles. The molecule has 1 aliphatic rings. The first-order chi connectivity index (χ1) is 9.49. The van der Waals surface area contributed by atoms with Crippen molar-refractivity contribution in [2.75, 3.05) is 0 Å². The smallest absolute Gasteiger partial charge is 0.362 e. The standard InChI is InChI=1S/C11H12ClF3N4O2/c1-5-4-10(21,11(13,14)15)19(16-5)9(20)8-7(12)6(2)18(3)17-8/h21H,4H2,1-3H3/t10-/m0/s1. The van der Waals surface area contributed by atoms with Crippen molar-refractivity contribution in [2.45, 2.75) is 32.2 Å². The number of rotatable bonds is 1. The van der Waals surface area contributed by atoms with Crippen molar-refractivity contribution in [3.05, 3.63) is 16.4 Å². The van der Waals surface area contributed by atoms with Crippen LogP contribution in [0.2, 0.25) is 5.02 Å². The summed E-state index contributed by atoms with van der Waals surface area (Å²) in [6.45, 7) is 2.84. The number of aryl methyl sites for hydroxylation is 1. The number of nitrogens with zero attached hydrogens (tertiary/aromatic N) is 4. The number of hydrogen-bond acceptors (Lipinski definition) is 4. The van der Waals surface area contributed by atoms with Gasteiger partial charge in [-0.1, -0.05) is 11.6 Å². The fraction of sp³-hybridized carbons (Fsp3) is 0.545. The number of carbonyl (C=O) groups excluding carboxylic acids is 1. The molecular weight excluding hydrogens is 313 g/mol. The van der Waals surface area contributed by atoms with Crippen LogP contribution in [0.4, 0.5) is 13.2 Å². The molecule has 0 aromatic carbocycles. The molecule has 0 fully saturated rings. The van der Waals surface area contributed by atoms with Gasteiger partial charge in [0.2, 0.25) is 0 Å². The Bertz CT molecular complexity index is 640. The van der Waals surface area contributed by atoms with Gasteiger partial charge in [-0.15, -0.1) is 0 Å². The summed E-state index contributed by atoms with van der Waals surface area (Å²) < 4.78 is 40.4. The van der Waals surface area contributed by atoms with Crippen LogP contribution in [0.1, 0.15) is 29.5 Å². The zero-order valence-corrected chi connectivity index (χ0v) is 12.1. The topological polar surface area (TPSA) is 70.7 Å².